The molecule has 13 nitrogen and oxygen atoms in total. The molecule has 1 saturated heterocycles. The summed E-state index contributed by atoms with van der Waals surface area (Å²) in [5.74, 6) is -0.371. The number of hydrogen-bond acceptors (Lipinski definition) is 10. The second kappa shape index (κ2) is 15.7. The molecule has 3 heterocycles. The van der Waals surface area contributed by atoms with E-state index in [1.54, 1.807) is 7.05 Å². The van der Waals surface area contributed by atoms with Gasteiger partial charge in [0.25, 0.3) is 0 Å². The van der Waals surface area contributed by atoms with Gasteiger partial charge in [-0.3, -0.25) is 9.59 Å². The van der Waals surface area contributed by atoms with E-state index in [-0.39, 0.29) is 12.5 Å². The van der Waals surface area contributed by atoms with E-state index in [1.165, 1.54) is 56.1 Å². The highest BCUT2D eigenvalue weighted by molar-refractivity contribution is 5.85. The van der Waals surface area contributed by atoms with E-state index in [1.807, 2.05) is 0 Å². The lowest BCUT2D eigenvalue weighted by atomic mass is 9.95. The molecule has 2 aromatic rings. The van der Waals surface area contributed by atoms with Gasteiger partial charge in [-0.15, -0.1) is 0 Å². The normalized spacial score (nSPS) is 23.1. The topological polar surface area (TPSA) is 186 Å². The van der Waals surface area contributed by atoms with Crippen LogP contribution < -0.4 is 10.6 Å². The Morgan fingerprint density at radius 2 is 1.72 bits per heavy atom. The summed E-state index contributed by atoms with van der Waals surface area (Å²) in [5, 5.41) is 36.8. The van der Waals surface area contributed by atoms with Gasteiger partial charge in [0, 0.05) is 13.5 Å². The highest BCUT2D eigenvalue weighted by Gasteiger charge is 2.45. The molecule has 0 radical (unpaired) electrons. The van der Waals surface area contributed by atoms with E-state index >= 15 is 0 Å². The fourth-order valence-electron chi connectivity index (χ4n) is 4.74. The number of likely N-dealkylation sites (N-methyl/N-ethyl adjacent to an activating group) is 1. The first kappa shape index (κ1) is 30.7. The van der Waals surface area contributed by atoms with Crippen molar-refractivity contribution >= 4 is 28.8 Å². The molecule has 2 amide bonds. The number of aromatic amines is 1. The first-order valence-electron chi connectivity index (χ1n) is 13.9. The van der Waals surface area contributed by atoms with Crippen LogP contribution in [0.1, 0.15) is 71.1 Å². The van der Waals surface area contributed by atoms with Crippen molar-refractivity contribution in [1.82, 2.24) is 30.2 Å². The molecular formula is C26H43N7O6. The average molecular weight is 550 g/mol. The Hall–Kier alpha value is -2.87. The van der Waals surface area contributed by atoms with Crippen LogP contribution in [0, 0.1) is 0 Å². The molecule has 6 N–H and O–H groups in total. The molecule has 1 aliphatic heterocycles. The van der Waals surface area contributed by atoms with E-state index < -0.39 is 43.1 Å². The van der Waals surface area contributed by atoms with E-state index in [4.69, 9.17) is 4.74 Å². The number of anilines is 1. The summed E-state index contributed by atoms with van der Waals surface area (Å²) in [6, 6.07) is -1.09. The molecule has 218 valence electrons. The van der Waals surface area contributed by atoms with Crippen molar-refractivity contribution < 1.29 is 29.6 Å². The number of rotatable bonds is 16. The third-order valence-corrected chi connectivity index (χ3v) is 7.06. The van der Waals surface area contributed by atoms with Gasteiger partial charge in [0.05, 0.1) is 25.5 Å². The van der Waals surface area contributed by atoms with Crippen LogP contribution in [0.4, 0.5) is 5.82 Å². The number of fused-ring (bicyclic) bond motifs is 1. The van der Waals surface area contributed by atoms with Gasteiger partial charge in [-0.2, -0.15) is 0 Å². The summed E-state index contributed by atoms with van der Waals surface area (Å²) < 4.78 is 5.77. The third kappa shape index (κ3) is 8.82. The molecule has 0 spiro atoms. The molecule has 1 aliphatic rings. The van der Waals surface area contributed by atoms with E-state index in [9.17, 15) is 24.9 Å². The van der Waals surface area contributed by atoms with Gasteiger partial charge in [0.15, 0.2) is 17.7 Å². The number of aromatic nitrogens is 4. The number of carbonyl (C=O) groups is 2. The zero-order chi connectivity index (χ0) is 28.2. The molecule has 0 aromatic carbocycles. The largest absolute Gasteiger partial charge is 0.394 e. The van der Waals surface area contributed by atoms with Crippen molar-refractivity contribution in [3.05, 3.63) is 12.7 Å². The first-order chi connectivity index (χ1) is 18.8. The van der Waals surface area contributed by atoms with Gasteiger partial charge in [0.2, 0.25) is 11.8 Å². The van der Waals surface area contributed by atoms with Crippen molar-refractivity contribution in [1.29, 1.82) is 0 Å². The maximum absolute atomic E-state index is 12.7. The van der Waals surface area contributed by atoms with Crippen LogP contribution in [0.25, 0.3) is 11.2 Å². The molecule has 0 unspecified atom stereocenters. The summed E-state index contributed by atoms with van der Waals surface area (Å²) in [6.07, 6.45) is 8.41. The minimum absolute atomic E-state index is 0.133. The van der Waals surface area contributed by atoms with Gasteiger partial charge >= 0.3 is 0 Å². The van der Waals surface area contributed by atoms with Crippen molar-refractivity contribution in [2.24, 2.45) is 0 Å². The third-order valence-electron chi connectivity index (χ3n) is 7.06. The Bertz CT molecular complexity index is 1040. The van der Waals surface area contributed by atoms with Gasteiger partial charge in [-0.1, -0.05) is 58.3 Å². The summed E-state index contributed by atoms with van der Waals surface area (Å²) in [6.45, 7) is 1.47. The van der Waals surface area contributed by atoms with Crippen LogP contribution in [0.15, 0.2) is 12.7 Å². The predicted octanol–water partition coefficient (Wildman–Crippen LogP) is 1.07. The van der Waals surface area contributed by atoms with Crippen molar-refractivity contribution in [3.8, 4) is 0 Å². The molecule has 39 heavy (non-hydrogen) atoms. The molecule has 5 atom stereocenters. The second-order valence-corrected chi connectivity index (χ2v) is 10.1. The van der Waals surface area contributed by atoms with Crippen LogP contribution in [-0.2, 0) is 14.3 Å². The number of hydrogen-bond donors (Lipinski definition) is 6. The van der Waals surface area contributed by atoms with Gasteiger partial charge in [0.1, 0.15) is 30.2 Å². The number of nitrogens with zero attached hydrogens (tertiary/aromatic N) is 4. The number of carbonyl (C=O) groups excluding carboxylic acids is 2. The number of amides is 2. The Kier molecular flexibility index (Phi) is 12.3. The Labute approximate surface area is 228 Å². The molecule has 2 aromatic heterocycles. The summed E-state index contributed by atoms with van der Waals surface area (Å²) in [7, 11) is 1.56. The summed E-state index contributed by atoms with van der Waals surface area (Å²) in [4.78, 5) is 41.5. The summed E-state index contributed by atoms with van der Waals surface area (Å²) in [5.41, 5.74) is 0.882. The second-order valence-electron chi connectivity index (χ2n) is 10.1. The monoisotopic (exact) mass is 549 g/mol. The molecule has 0 aliphatic carbocycles. The van der Waals surface area contributed by atoms with Crippen LogP contribution in [0.5, 0.6) is 0 Å². The fraction of sp³-hybridized carbons (Fsp3) is 0.731. The SMILES string of the molecule is CCCCCCCCCCCC(=O)N(C)CC(=O)N[C@@H]1[C@@H](O)[C@H](O)[C@@H](Nc2ncnc3nc[nH]c23)O[C@H]1CO. The standard InChI is InChI=1S/C26H43N7O6/c1-3-4-5-6-7-8-9-10-11-12-19(36)33(2)13-18(35)31-20-17(14-34)39-26(23(38)22(20)37)32-25-21-24(28-15-27-21)29-16-30-25/h15-17,20,22-23,26,34,37-38H,3-14H2,1-2H3,(H,31,35)(H2,27,28,29,30,32)/t17-,20-,22+,23-,26-/m0/s1. The van der Waals surface area contributed by atoms with Gasteiger partial charge in [-0.05, 0) is 6.42 Å². The molecule has 0 bridgehead atoms. The molecule has 0 saturated carbocycles. The highest BCUT2D eigenvalue weighted by Crippen LogP contribution is 2.24. The number of unbranched alkanes of at least 4 members (excludes halogenated alkanes) is 8. The zero-order valence-corrected chi connectivity index (χ0v) is 22.9. The predicted molar refractivity (Wildman–Crippen MR) is 144 cm³/mol. The average Bonchev–Trinajstić information content (AvgIpc) is 3.41. The number of H-pyrrole nitrogens is 1. The maximum Gasteiger partial charge on any atom is 0.240 e. The van der Waals surface area contributed by atoms with Crippen LogP contribution in [-0.4, -0.2) is 103 Å². The molecule has 13 heteroatoms. The van der Waals surface area contributed by atoms with Crippen molar-refractivity contribution in [2.75, 3.05) is 25.5 Å². The summed E-state index contributed by atoms with van der Waals surface area (Å²) >= 11 is 0. The zero-order valence-electron chi connectivity index (χ0n) is 22.9. The number of nitrogens with one attached hydrogen (secondary N) is 3. The minimum atomic E-state index is -1.46. The van der Waals surface area contributed by atoms with Crippen molar-refractivity contribution in [2.45, 2.75) is 102 Å². The van der Waals surface area contributed by atoms with Crippen molar-refractivity contribution in [3.63, 3.8) is 0 Å². The minimum Gasteiger partial charge on any atom is -0.394 e. The molecule has 3 rings (SSSR count). The Balaban J connectivity index is 1.43. The maximum atomic E-state index is 12.7. The molecular weight excluding hydrogens is 506 g/mol. The fourth-order valence-corrected chi connectivity index (χ4v) is 4.74. The lowest BCUT2D eigenvalue weighted by molar-refractivity contribution is -0.185. The highest BCUT2D eigenvalue weighted by atomic mass is 16.5. The lowest BCUT2D eigenvalue weighted by Gasteiger charge is -2.42. The van der Waals surface area contributed by atoms with E-state index in [0.29, 0.717) is 23.4 Å². The number of aliphatic hydroxyl groups is 3. The van der Waals surface area contributed by atoms with Crippen LogP contribution in [0.3, 0.4) is 0 Å². The first-order valence-corrected chi connectivity index (χ1v) is 13.9. The van der Waals surface area contributed by atoms with Gasteiger partial charge < -0.3 is 40.6 Å². The lowest BCUT2D eigenvalue weighted by Crippen LogP contribution is -2.66. The Morgan fingerprint density at radius 3 is 2.41 bits per heavy atom. The van der Waals surface area contributed by atoms with Gasteiger partial charge in [-0.25, -0.2) is 15.0 Å². The van der Waals surface area contributed by atoms with Crippen LogP contribution in [0.2, 0.25) is 0 Å². The smallest absolute Gasteiger partial charge is 0.240 e. The Morgan fingerprint density at radius 1 is 1.03 bits per heavy atom. The van der Waals surface area contributed by atoms with Crippen LogP contribution >= 0.6 is 0 Å². The number of aliphatic hydroxyl groups excluding tert-OH is 3. The molecule has 1 fully saturated rings. The van der Waals surface area contributed by atoms with E-state index in [0.717, 1.165) is 19.3 Å². The quantitative estimate of drug-likeness (QED) is 0.165. The number of ether oxygens (including phenoxy) is 1. The van der Waals surface area contributed by atoms with E-state index in [2.05, 4.69) is 37.5 Å². The number of imidazole rings is 1.